The Bertz CT molecular complexity index is 674. The van der Waals surface area contributed by atoms with E-state index in [9.17, 15) is 9.18 Å². The number of nitrogens with one attached hydrogen (secondary N) is 2. The average molecular weight is 276 g/mol. The summed E-state index contributed by atoms with van der Waals surface area (Å²) in [6, 6.07) is 4.45. The summed E-state index contributed by atoms with van der Waals surface area (Å²) in [6.07, 6.45) is 2.37. The molecule has 1 heterocycles. The molecule has 5 heteroatoms. The Balaban J connectivity index is 1.90. The Morgan fingerprint density at radius 1 is 1.50 bits per heavy atom. The van der Waals surface area contributed by atoms with Gasteiger partial charge in [-0.2, -0.15) is 0 Å². The van der Waals surface area contributed by atoms with E-state index >= 15 is 0 Å². The summed E-state index contributed by atoms with van der Waals surface area (Å²) < 4.78 is 13.2. The molecule has 1 aromatic carbocycles. The second-order valence-electron chi connectivity index (χ2n) is 5.52. The number of benzene rings is 1. The van der Waals surface area contributed by atoms with Crippen LogP contribution in [0.3, 0.4) is 0 Å². The van der Waals surface area contributed by atoms with Gasteiger partial charge in [0.2, 0.25) is 0 Å². The van der Waals surface area contributed by atoms with Crippen molar-refractivity contribution in [3.05, 3.63) is 35.3 Å². The summed E-state index contributed by atoms with van der Waals surface area (Å²) >= 11 is 0. The molecule has 3 rings (SSSR count). The third-order valence-electron chi connectivity index (χ3n) is 4.07. The molecule has 0 bridgehead atoms. The van der Waals surface area contributed by atoms with Crippen molar-refractivity contribution < 1.29 is 14.3 Å². The minimum atomic E-state index is -0.329. The second kappa shape index (κ2) is 4.59. The Kier molecular flexibility index (Phi) is 3.01. The molecule has 0 unspecified atom stereocenters. The van der Waals surface area contributed by atoms with Gasteiger partial charge in [0.25, 0.3) is 5.91 Å². The van der Waals surface area contributed by atoms with Crippen LogP contribution in [0.2, 0.25) is 0 Å². The van der Waals surface area contributed by atoms with Crippen LogP contribution in [0.25, 0.3) is 10.9 Å². The molecule has 0 spiro atoms. The highest BCUT2D eigenvalue weighted by atomic mass is 19.1. The van der Waals surface area contributed by atoms with Gasteiger partial charge in [0.05, 0.1) is 0 Å². The molecule has 1 aliphatic carbocycles. The maximum absolute atomic E-state index is 13.2. The maximum atomic E-state index is 13.2. The van der Waals surface area contributed by atoms with Gasteiger partial charge in [-0.1, -0.05) is 0 Å². The van der Waals surface area contributed by atoms with Crippen LogP contribution in [0, 0.1) is 12.7 Å². The standard InChI is InChI=1S/C15H17FN2O2/c1-9-11-3-2-10(16)8-12(11)17-13(9)14(20)18-15(4-5-15)6-7-19/h2-3,8,17,19H,4-7H2,1H3,(H,18,20). The second-order valence-corrected chi connectivity index (χ2v) is 5.52. The fraction of sp³-hybridized carbons (Fsp3) is 0.400. The lowest BCUT2D eigenvalue weighted by molar-refractivity contribution is 0.0918. The number of aromatic amines is 1. The molecule has 4 nitrogen and oxygen atoms in total. The topological polar surface area (TPSA) is 65.1 Å². The molecule has 0 atom stereocenters. The molecule has 1 amide bonds. The number of rotatable bonds is 4. The summed E-state index contributed by atoms with van der Waals surface area (Å²) in [5.41, 5.74) is 1.66. The third kappa shape index (κ3) is 2.18. The Morgan fingerprint density at radius 3 is 2.90 bits per heavy atom. The molecule has 0 radical (unpaired) electrons. The molecule has 1 saturated carbocycles. The molecular weight excluding hydrogens is 259 g/mol. The largest absolute Gasteiger partial charge is 0.396 e. The predicted molar refractivity (Wildman–Crippen MR) is 74.1 cm³/mol. The lowest BCUT2D eigenvalue weighted by Crippen LogP contribution is -2.38. The van der Waals surface area contributed by atoms with E-state index in [0.717, 1.165) is 23.8 Å². The van der Waals surface area contributed by atoms with E-state index in [4.69, 9.17) is 5.11 Å². The molecule has 0 saturated heterocycles. The number of carbonyl (C=O) groups excluding carboxylic acids is 1. The van der Waals surface area contributed by atoms with Gasteiger partial charge in [0.15, 0.2) is 0 Å². The fourth-order valence-corrected chi connectivity index (χ4v) is 2.64. The monoisotopic (exact) mass is 276 g/mol. The highest BCUT2D eigenvalue weighted by Gasteiger charge is 2.43. The summed E-state index contributed by atoms with van der Waals surface area (Å²) in [4.78, 5) is 15.3. The first-order valence-electron chi connectivity index (χ1n) is 6.76. The van der Waals surface area contributed by atoms with Crippen molar-refractivity contribution in [2.75, 3.05) is 6.61 Å². The summed E-state index contributed by atoms with van der Waals surface area (Å²) in [5.74, 6) is -0.519. The van der Waals surface area contributed by atoms with Gasteiger partial charge in [-0.15, -0.1) is 0 Å². The normalized spacial score (nSPS) is 16.4. The van der Waals surface area contributed by atoms with Crippen molar-refractivity contribution in [2.45, 2.75) is 31.7 Å². The fourth-order valence-electron chi connectivity index (χ4n) is 2.64. The minimum absolute atomic E-state index is 0.0666. The van der Waals surface area contributed by atoms with Gasteiger partial charge < -0.3 is 15.4 Å². The van der Waals surface area contributed by atoms with Crippen LogP contribution >= 0.6 is 0 Å². The number of H-pyrrole nitrogens is 1. The first-order chi connectivity index (χ1) is 9.54. The first kappa shape index (κ1) is 13.1. The number of hydrogen-bond donors (Lipinski definition) is 3. The van der Waals surface area contributed by atoms with Crippen LogP contribution in [-0.4, -0.2) is 28.1 Å². The van der Waals surface area contributed by atoms with Crippen molar-refractivity contribution >= 4 is 16.8 Å². The molecule has 1 aromatic heterocycles. The molecule has 1 aliphatic rings. The zero-order valence-electron chi connectivity index (χ0n) is 11.3. The van der Waals surface area contributed by atoms with Crippen LogP contribution < -0.4 is 5.32 Å². The van der Waals surface area contributed by atoms with Gasteiger partial charge in [0, 0.05) is 23.0 Å². The van der Waals surface area contributed by atoms with Crippen molar-refractivity contribution in [1.82, 2.24) is 10.3 Å². The Morgan fingerprint density at radius 2 is 2.25 bits per heavy atom. The van der Waals surface area contributed by atoms with Crippen molar-refractivity contribution in [1.29, 1.82) is 0 Å². The van der Waals surface area contributed by atoms with E-state index in [2.05, 4.69) is 10.3 Å². The molecule has 20 heavy (non-hydrogen) atoms. The summed E-state index contributed by atoms with van der Waals surface area (Å²) in [6.45, 7) is 1.91. The number of aliphatic hydroxyl groups is 1. The smallest absolute Gasteiger partial charge is 0.268 e. The van der Waals surface area contributed by atoms with E-state index in [0.29, 0.717) is 17.6 Å². The van der Waals surface area contributed by atoms with Crippen molar-refractivity contribution in [2.24, 2.45) is 0 Å². The lowest BCUT2D eigenvalue weighted by atomic mass is 10.1. The van der Waals surface area contributed by atoms with Gasteiger partial charge in [-0.3, -0.25) is 4.79 Å². The van der Waals surface area contributed by atoms with Crippen molar-refractivity contribution in [3.63, 3.8) is 0 Å². The van der Waals surface area contributed by atoms with E-state index in [-0.39, 0.29) is 23.9 Å². The van der Waals surface area contributed by atoms with Crippen LogP contribution in [0.1, 0.15) is 35.3 Å². The third-order valence-corrected chi connectivity index (χ3v) is 4.07. The zero-order chi connectivity index (χ0) is 14.3. The Hall–Kier alpha value is -1.88. The highest BCUT2D eigenvalue weighted by Crippen LogP contribution is 2.38. The Labute approximate surface area is 116 Å². The number of aliphatic hydroxyl groups excluding tert-OH is 1. The number of aromatic nitrogens is 1. The average Bonchev–Trinajstić information content (AvgIpc) is 3.07. The van der Waals surface area contributed by atoms with E-state index in [1.165, 1.54) is 12.1 Å². The SMILES string of the molecule is Cc1c(C(=O)NC2(CCO)CC2)[nH]c2cc(F)ccc12. The van der Waals surface area contributed by atoms with Gasteiger partial charge in [-0.05, 0) is 49.9 Å². The lowest BCUT2D eigenvalue weighted by Gasteiger charge is -2.15. The number of carbonyl (C=O) groups is 1. The highest BCUT2D eigenvalue weighted by molar-refractivity contribution is 6.01. The molecule has 1 fully saturated rings. The molecule has 106 valence electrons. The maximum Gasteiger partial charge on any atom is 0.268 e. The number of hydrogen-bond acceptors (Lipinski definition) is 2. The zero-order valence-corrected chi connectivity index (χ0v) is 11.3. The van der Waals surface area contributed by atoms with Crippen LogP contribution in [-0.2, 0) is 0 Å². The van der Waals surface area contributed by atoms with Gasteiger partial charge in [0.1, 0.15) is 11.5 Å². The van der Waals surface area contributed by atoms with Crippen LogP contribution in [0.5, 0.6) is 0 Å². The number of halogens is 1. The molecule has 2 aromatic rings. The number of aryl methyl sites for hydroxylation is 1. The predicted octanol–water partition coefficient (Wildman–Crippen LogP) is 2.26. The van der Waals surface area contributed by atoms with E-state index in [1.807, 2.05) is 6.92 Å². The number of amides is 1. The van der Waals surface area contributed by atoms with Gasteiger partial charge in [-0.25, -0.2) is 4.39 Å². The molecular formula is C15H17FN2O2. The first-order valence-corrected chi connectivity index (χ1v) is 6.76. The summed E-state index contributed by atoms with van der Waals surface area (Å²) in [7, 11) is 0. The van der Waals surface area contributed by atoms with Gasteiger partial charge >= 0.3 is 0 Å². The summed E-state index contributed by atoms with van der Waals surface area (Å²) in [5, 5.41) is 12.9. The molecule has 0 aliphatic heterocycles. The molecule has 3 N–H and O–H groups in total. The van der Waals surface area contributed by atoms with E-state index < -0.39 is 0 Å². The van der Waals surface area contributed by atoms with E-state index in [1.54, 1.807) is 6.07 Å². The quantitative estimate of drug-likeness (QED) is 0.802. The number of fused-ring (bicyclic) bond motifs is 1. The van der Waals surface area contributed by atoms with Crippen LogP contribution in [0.15, 0.2) is 18.2 Å². The van der Waals surface area contributed by atoms with Crippen LogP contribution in [0.4, 0.5) is 4.39 Å². The minimum Gasteiger partial charge on any atom is -0.396 e. The van der Waals surface area contributed by atoms with Crippen molar-refractivity contribution in [3.8, 4) is 0 Å².